The Morgan fingerprint density at radius 2 is 2.10 bits per heavy atom. The number of nitrogens with two attached hydrogens (primary N) is 3. The van der Waals surface area contributed by atoms with Gasteiger partial charge >= 0.3 is 0 Å². The van der Waals surface area contributed by atoms with Gasteiger partial charge in [-0.2, -0.15) is 0 Å². The van der Waals surface area contributed by atoms with Gasteiger partial charge in [-0.25, -0.2) is 32.0 Å². The van der Waals surface area contributed by atoms with Crippen LogP contribution in [0.5, 0.6) is 0 Å². The van der Waals surface area contributed by atoms with Crippen LogP contribution in [0.15, 0.2) is 48.9 Å². The summed E-state index contributed by atoms with van der Waals surface area (Å²) >= 11 is 2.81. The second kappa shape index (κ2) is 8.27. The number of hydrogen-bond donors (Lipinski definition) is 4. The Balaban J connectivity index is 1.75. The number of nitrogens with one attached hydrogen (secondary N) is 1. The van der Waals surface area contributed by atoms with Gasteiger partial charge in [0.2, 0.25) is 10.0 Å². The van der Waals surface area contributed by atoms with E-state index in [-0.39, 0.29) is 33.7 Å². The van der Waals surface area contributed by atoms with Crippen LogP contribution in [-0.2, 0) is 20.0 Å². The third-order valence-corrected chi connectivity index (χ3v) is 7.64. The lowest BCUT2D eigenvalue weighted by Crippen LogP contribution is -2.23. The van der Waals surface area contributed by atoms with Crippen molar-refractivity contribution in [2.24, 2.45) is 26.6 Å². The van der Waals surface area contributed by atoms with Crippen LogP contribution < -0.4 is 21.3 Å². The third-order valence-electron chi connectivity index (χ3n) is 3.66. The lowest BCUT2D eigenvalue weighted by molar-refractivity contribution is 0.594. The van der Waals surface area contributed by atoms with Gasteiger partial charge in [-0.1, -0.05) is 0 Å². The van der Waals surface area contributed by atoms with Gasteiger partial charge in [0.25, 0.3) is 10.0 Å². The summed E-state index contributed by atoms with van der Waals surface area (Å²) in [6.07, 6.45) is 0. The molecule has 0 spiro atoms. The Kier molecular flexibility index (Phi) is 6.13. The van der Waals surface area contributed by atoms with Gasteiger partial charge in [-0.3, -0.25) is 9.71 Å². The van der Waals surface area contributed by atoms with Crippen LogP contribution in [0.25, 0.3) is 0 Å². The smallest absolute Gasteiger partial charge is 0.263 e. The van der Waals surface area contributed by atoms with Crippen LogP contribution in [0.3, 0.4) is 0 Å². The van der Waals surface area contributed by atoms with Crippen LogP contribution in [0.4, 0.5) is 0 Å². The molecule has 29 heavy (non-hydrogen) atoms. The average Bonchev–Trinajstić information content (AvgIpc) is 3.23. The molecule has 1 atom stereocenters. The predicted octanol–water partition coefficient (Wildman–Crippen LogP) is -0.466. The quantitative estimate of drug-likeness (QED) is 0.234. The molecule has 1 aromatic carbocycles. The van der Waals surface area contributed by atoms with Crippen LogP contribution in [-0.4, -0.2) is 45.9 Å². The highest BCUT2D eigenvalue weighted by Crippen LogP contribution is 2.30. The second-order valence-electron chi connectivity index (χ2n) is 5.73. The summed E-state index contributed by atoms with van der Waals surface area (Å²) in [6, 6.07) is 3.61. The first-order valence-corrected chi connectivity index (χ1v) is 12.9. The molecule has 1 unspecified atom stereocenters. The second-order valence-corrected chi connectivity index (χ2v) is 10.8. The number of rotatable bonds is 7. The zero-order chi connectivity index (χ0) is 21.2. The molecule has 0 bridgehead atoms. The van der Waals surface area contributed by atoms with Crippen molar-refractivity contribution in [2.45, 2.75) is 15.2 Å². The van der Waals surface area contributed by atoms with E-state index in [0.717, 1.165) is 6.07 Å². The molecule has 11 nitrogen and oxygen atoms in total. The topological polar surface area (TPSA) is 196 Å². The highest BCUT2D eigenvalue weighted by molar-refractivity contribution is 7.99. The Morgan fingerprint density at radius 1 is 1.34 bits per heavy atom. The van der Waals surface area contributed by atoms with Crippen LogP contribution in [0.1, 0.15) is 16.6 Å². The Bertz CT molecular complexity index is 1170. The minimum Gasteiger partial charge on any atom is -0.370 e. The van der Waals surface area contributed by atoms with Crippen molar-refractivity contribution in [2.75, 3.05) is 12.3 Å². The fraction of sp³-hybridized carbons (Fsp3) is 0.214. The summed E-state index contributed by atoms with van der Waals surface area (Å²) in [5, 5.41) is 6.51. The minimum absolute atomic E-state index is 0.0649. The van der Waals surface area contributed by atoms with Crippen molar-refractivity contribution in [1.82, 2.24) is 9.71 Å². The molecule has 15 heteroatoms. The summed E-state index contributed by atoms with van der Waals surface area (Å²) < 4.78 is 49.8. The molecule has 0 saturated carbocycles. The number of guanidine groups is 1. The van der Waals surface area contributed by atoms with E-state index < -0.39 is 25.4 Å². The molecule has 0 fully saturated rings. The molecular weight excluding hydrogens is 458 g/mol. The predicted molar refractivity (Wildman–Crippen MR) is 113 cm³/mol. The SMILES string of the molecule is NC(N)=NC(SCCN=C1NS(=O)(=O)c2cc(S(N)(=O)=O)ccc21)c1cscn1. The van der Waals surface area contributed by atoms with E-state index in [1.54, 1.807) is 5.51 Å². The van der Waals surface area contributed by atoms with Gasteiger partial charge in [0, 0.05) is 16.7 Å². The molecule has 2 heterocycles. The summed E-state index contributed by atoms with van der Waals surface area (Å²) in [5.74, 6) is 0.549. The lowest BCUT2D eigenvalue weighted by Gasteiger charge is -2.09. The summed E-state index contributed by atoms with van der Waals surface area (Å²) in [5.41, 5.74) is 13.6. The van der Waals surface area contributed by atoms with Crippen LogP contribution in [0, 0.1) is 0 Å². The normalized spacial score (nSPS) is 17.5. The number of nitrogens with zero attached hydrogens (tertiary/aromatic N) is 3. The number of amidine groups is 1. The molecule has 156 valence electrons. The van der Waals surface area contributed by atoms with Gasteiger partial charge in [0.05, 0.1) is 27.5 Å². The highest BCUT2D eigenvalue weighted by atomic mass is 32.2. The van der Waals surface area contributed by atoms with E-state index in [4.69, 9.17) is 16.6 Å². The van der Waals surface area contributed by atoms with Crippen molar-refractivity contribution < 1.29 is 16.8 Å². The van der Waals surface area contributed by atoms with E-state index >= 15 is 0 Å². The molecule has 0 radical (unpaired) electrons. The third kappa shape index (κ3) is 5.05. The fourth-order valence-corrected chi connectivity index (χ4v) is 5.91. The van der Waals surface area contributed by atoms with Crippen molar-refractivity contribution in [3.8, 4) is 0 Å². The van der Waals surface area contributed by atoms with Gasteiger partial charge < -0.3 is 11.5 Å². The zero-order valence-corrected chi connectivity index (χ0v) is 18.0. The number of fused-ring (bicyclic) bond motifs is 1. The maximum Gasteiger partial charge on any atom is 0.263 e. The molecule has 1 aromatic heterocycles. The van der Waals surface area contributed by atoms with Gasteiger partial charge in [-0.05, 0) is 18.2 Å². The minimum atomic E-state index is -4.03. The molecule has 3 rings (SSSR count). The maximum absolute atomic E-state index is 12.3. The molecule has 1 aliphatic rings. The number of benzene rings is 1. The largest absolute Gasteiger partial charge is 0.370 e. The van der Waals surface area contributed by atoms with Gasteiger partial charge in [0.1, 0.15) is 11.2 Å². The Hall–Kier alpha value is -2.20. The monoisotopic (exact) mass is 475 g/mol. The number of sulfonamides is 2. The van der Waals surface area contributed by atoms with E-state index in [9.17, 15) is 16.8 Å². The number of aliphatic imine (C=N–C) groups is 2. The van der Waals surface area contributed by atoms with Crippen LogP contribution in [0.2, 0.25) is 0 Å². The number of hydrogen-bond acceptors (Lipinski definition) is 9. The first-order chi connectivity index (χ1) is 13.6. The molecule has 0 aliphatic carbocycles. The van der Waals surface area contributed by atoms with Crippen LogP contribution >= 0.6 is 23.1 Å². The first kappa shape index (κ1) is 21.5. The van der Waals surface area contributed by atoms with E-state index in [1.807, 2.05) is 5.38 Å². The first-order valence-electron chi connectivity index (χ1n) is 7.91. The van der Waals surface area contributed by atoms with E-state index in [2.05, 4.69) is 19.7 Å². The van der Waals surface area contributed by atoms with E-state index in [0.29, 0.717) is 11.4 Å². The summed E-state index contributed by atoms with van der Waals surface area (Å²) in [4.78, 5) is 12.1. The molecule has 1 aliphatic heterocycles. The number of thioether (sulfide) groups is 1. The molecule has 0 amide bonds. The average molecular weight is 476 g/mol. The summed E-state index contributed by atoms with van der Waals surface area (Å²) in [6.45, 7) is 0.263. The van der Waals surface area contributed by atoms with Crippen molar-refractivity contribution in [3.05, 3.63) is 40.3 Å². The van der Waals surface area contributed by atoms with Crippen molar-refractivity contribution in [1.29, 1.82) is 0 Å². The lowest BCUT2D eigenvalue weighted by atomic mass is 10.2. The van der Waals surface area contributed by atoms with Crippen molar-refractivity contribution >= 4 is 54.9 Å². The Morgan fingerprint density at radius 3 is 2.72 bits per heavy atom. The zero-order valence-electron chi connectivity index (χ0n) is 14.7. The molecule has 0 saturated heterocycles. The number of thiazole rings is 1. The molecular formula is C14H17N7O4S4. The maximum atomic E-state index is 12.3. The highest BCUT2D eigenvalue weighted by Gasteiger charge is 2.32. The number of aromatic nitrogens is 1. The van der Waals surface area contributed by atoms with Gasteiger partial charge in [0.15, 0.2) is 5.96 Å². The molecule has 2 aromatic rings. The van der Waals surface area contributed by atoms with E-state index in [1.165, 1.54) is 35.2 Å². The molecule has 7 N–H and O–H groups in total. The number of primary sulfonamides is 1. The van der Waals surface area contributed by atoms with Crippen molar-refractivity contribution in [3.63, 3.8) is 0 Å². The standard InChI is InChI=1S/C14H17N7O4S4/c15-14(16)20-13(10-6-26-7-19-10)27-4-3-18-12-9-2-1-8(28(17,22)23)5-11(9)29(24,25)21-12/h1-2,5-7,13H,3-4H2,(H,18,21)(H4,15,16,20)(H2,17,22,23). The fourth-order valence-electron chi connectivity index (χ4n) is 2.44. The summed E-state index contributed by atoms with van der Waals surface area (Å²) in [7, 11) is -7.94. The van der Waals surface area contributed by atoms with Gasteiger partial charge in [-0.15, -0.1) is 23.1 Å². The Labute approximate surface area is 175 Å².